The smallest absolute Gasteiger partial charge is 0.258 e. The number of nitrogens with one attached hydrogen (secondary N) is 1. The number of aldehydes is 1. The molecule has 114 valence electrons. The maximum absolute atomic E-state index is 11.8. The van der Waals surface area contributed by atoms with Gasteiger partial charge < -0.3 is 10.1 Å². The van der Waals surface area contributed by atoms with Crippen molar-refractivity contribution in [1.82, 2.24) is 5.32 Å². The number of carbonyl (C=O) groups excluding carboxylic acids is 2. The lowest BCUT2D eigenvalue weighted by Crippen LogP contribution is -2.28. The van der Waals surface area contributed by atoms with Gasteiger partial charge in [0.2, 0.25) is 0 Å². The first-order chi connectivity index (χ1) is 10.6. The van der Waals surface area contributed by atoms with Crippen LogP contribution in [0.2, 0.25) is 5.02 Å². The van der Waals surface area contributed by atoms with Gasteiger partial charge in [0.25, 0.3) is 5.91 Å². The minimum absolute atomic E-state index is 0.158. The molecular formula is C17H16ClNO3. The van der Waals surface area contributed by atoms with Gasteiger partial charge in [0.05, 0.1) is 5.56 Å². The molecule has 0 aliphatic rings. The summed E-state index contributed by atoms with van der Waals surface area (Å²) in [5.74, 6) is 0.0808. The van der Waals surface area contributed by atoms with Gasteiger partial charge in [0.1, 0.15) is 5.75 Å². The molecule has 0 bridgehead atoms. The van der Waals surface area contributed by atoms with Crippen LogP contribution in [0.5, 0.6) is 5.75 Å². The van der Waals surface area contributed by atoms with Gasteiger partial charge in [-0.1, -0.05) is 41.4 Å². The number of benzene rings is 2. The van der Waals surface area contributed by atoms with E-state index in [1.165, 1.54) is 11.6 Å². The summed E-state index contributed by atoms with van der Waals surface area (Å²) in [4.78, 5) is 22.7. The average Bonchev–Trinajstić information content (AvgIpc) is 2.53. The quantitative estimate of drug-likeness (QED) is 0.833. The minimum Gasteiger partial charge on any atom is -0.483 e. The Labute approximate surface area is 134 Å². The molecule has 0 fully saturated rings. The van der Waals surface area contributed by atoms with E-state index in [9.17, 15) is 9.59 Å². The number of ether oxygens (including phenoxy) is 1. The highest BCUT2D eigenvalue weighted by atomic mass is 35.5. The third-order valence-electron chi connectivity index (χ3n) is 3.07. The summed E-state index contributed by atoms with van der Waals surface area (Å²) in [5.41, 5.74) is 2.50. The van der Waals surface area contributed by atoms with Crippen molar-refractivity contribution in [3.63, 3.8) is 0 Å². The van der Waals surface area contributed by atoms with E-state index >= 15 is 0 Å². The van der Waals surface area contributed by atoms with Crippen LogP contribution in [0.25, 0.3) is 0 Å². The van der Waals surface area contributed by atoms with Crippen molar-refractivity contribution in [1.29, 1.82) is 0 Å². The molecule has 2 aromatic carbocycles. The summed E-state index contributed by atoms with van der Waals surface area (Å²) >= 11 is 5.79. The molecule has 0 aliphatic heterocycles. The van der Waals surface area contributed by atoms with Gasteiger partial charge in [0, 0.05) is 11.6 Å². The Kier molecular flexibility index (Phi) is 5.55. The summed E-state index contributed by atoms with van der Waals surface area (Å²) in [6.07, 6.45) is 0.644. The summed E-state index contributed by atoms with van der Waals surface area (Å²) in [5, 5.41) is 3.20. The molecule has 1 amide bonds. The zero-order chi connectivity index (χ0) is 15.9. The van der Waals surface area contributed by atoms with Crippen LogP contribution in [-0.2, 0) is 11.3 Å². The lowest BCUT2D eigenvalue weighted by atomic mass is 10.1. The van der Waals surface area contributed by atoms with Crippen LogP contribution in [0.15, 0.2) is 42.5 Å². The van der Waals surface area contributed by atoms with Crippen LogP contribution in [0.1, 0.15) is 21.5 Å². The number of hydrogen-bond donors (Lipinski definition) is 1. The fourth-order valence-electron chi connectivity index (χ4n) is 1.84. The molecule has 0 saturated heterocycles. The number of carbonyl (C=O) groups is 2. The zero-order valence-corrected chi connectivity index (χ0v) is 12.9. The topological polar surface area (TPSA) is 55.4 Å². The summed E-state index contributed by atoms with van der Waals surface area (Å²) in [7, 11) is 0. The van der Waals surface area contributed by atoms with Gasteiger partial charge in [-0.25, -0.2) is 0 Å². The highest BCUT2D eigenvalue weighted by molar-refractivity contribution is 6.30. The first-order valence-corrected chi connectivity index (χ1v) is 7.16. The molecule has 0 aliphatic carbocycles. The van der Waals surface area contributed by atoms with E-state index in [0.29, 0.717) is 29.2 Å². The minimum atomic E-state index is -0.257. The Bertz CT molecular complexity index is 668. The largest absolute Gasteiger partial charge is 0.483 e. The van der Waals surface area contributed by atoms with E-state index in [-0.39, 0.29) is 12.5 Å². The van der Waals surface area contributed by atoms with E-state index < -0.39 is 0 Å². The molecule has 0 spiro atoms. The second-order valence-corrected chi connectivity index (χ2v) is 5.29. The second kappa shape index (κ2) is 7.61. The maximum atomic E-state index is 11.8. The monoisotopic (exact) mass is 317 g/mol. The van der Waals surface area contributed by atoms with Crippen molar-refractivity contribution in [2.45, 2.75) is 13.5 Å². The van der Waals surface area contributed by atoms with Crippen LogP contribution in [-0.4, -0.2) is 18.8 Å². The fraction of sp³-hybridized carbons (Fsp3) is 0.176. The Morgan fingerprint density at radius 1 is 1.23 bits per heavy atom. The molecule has 0 saturated carbocycles. The van der Waals surface area contributed by atoms with Crippen molar-refractivity contribution in [3.05, 3.63) is 64.2 Å². The standard InChI is InChI=1S/C17H16ClNO3/c1-12-2-4-13(5-3-12)9-19-17(21)11-22-16-7-6-15(18)8-14(16)10-20/h2-8,10H,9,11H2,1H3,(H,19,21). The van der Waals surface area contributed by atoms with Crippen molar-refractivity contribution in [3.8, 4) is 5.75 Å². The van der Waals surface area contributed by atoms with Gasteiger partial charge in [-0.3, -0.25) is 9.59 Å². The molecule has 0 atom stereocenters. The Morgan fingerprint density at radius 2 is 1.95 bits per heavy atom. The third kappa shape index (κ3) is 4.60. The van der Waals surface area contributed by atoms with Crippen LogP contribution in [0.3, 0.4) is 0 Å². The molecule has 5 heteroatoms. The molecule has 0 unspecified atom stereocenters. The zero-order valence-electron chi connectivity index (χ0n) is 12.1. The summed E-state index contributed by atoms with van der Waals surface area (Å²) in [6.45, 7) is 2.28. The van der Waals surface area contributed by atoms with Gasteiger partial charge in [0.15, 0.2) is 12.9 Å². The predicted molar refractivity (Wildman–Crippen MR) is 85.4 cm³/mol. The van der Waals surface area contributed by atoms with Crippen molar-refractivity contribution >= 4 is 23.8 Å². The van der Waals surface area contributed by atoms with Crippen molar-refractivity contribution < 1.29 is 14.3 Å². The first-order valence-electron chi connectivity index (χ1n) is 6.78. The van der Waals surface area contributed by atoms with Crippen LogP contribution in [0, 0.1) is 6.92 Å². The number of rotatable bonds is 6. The lowest BCUT2D eigenvalue weighted by Gasteiger charge is -2.09. The molecule has 0 heterocycles. The number of amides is 1. The molecule has 0 radical (unpaired) electrons. The number of hydrogen-bond acceptors (Lipinski definition) is 3. The highest BCUT2D eigenvalue weighted by Crippen LogP contribution is 2.21. The van der Waals surface area contributed by atoms with E-state index in [0.717, 1.165) is 5.56 Å². The molecule has 2 rings (SSSR count). The Hall–Kier alpha value is -2.33. The van der Waals surface area contributed by atoms with Crippen LogP contribution in [0.4, 0.5) is 0 Å². The average molecular weight is 318 g/mol. The molecule has 22 heavy (non-hydrogen) atoms. The molecule has 0 aromatic heterocycles. The lowest BCUT2D eigenvalue weighted by molar-refractivity contribution is -0.123. The SMILES string of the molecule is Cc1ccc(CNC(=O)COc2ccc(Cl)cc2C=O)cc1. The van der Waals surface area contributed by atoms with Gasteiger partial charge in [-0.05, 0) is 30.7 Å². The Balaban J connectivity index is 1.85. The van der Waals surface area contributed by atoms with Gasteiger partial charge in [-0.15, -0.1) is 0 Å². The number of halogens is 1. The summed E-state index contributed by atoms with van der Waals surface area (Å²) < 4.78 is 5.35. The van der Waals surface area contributed by atoms with Gasteiger partial charge >= 0.3 is 0 Å². The normalized spacial score (nSPS) is 10.1. The number of aryl methyl sites for hydroxylation is 1. The molecule has 2 aromatic rings. The van der Waals surface area contributed by atoms with Crippen LogP contribution < -0.4 is 10.1 Å². The maximum Gasteiger partial charge on any atom is 0.258 e. The fourth-order valence-corrected chi connectivity index (χ4v) is 2.02. The molecule has 4 nitrogen and oxygen atoms in total. The highest BCUT2D eigenvalue weighted by Gasteiger charge is 2.07. The Morgan fingerprint density at radius 3 is 2.64 bits per heavy atom. The van der Waals surface area contributed by atoms with E-state index in [1.54, 1.807) is 12.1 Å². The van der Waals surface area contributed by atoms with Crippen molar-refractivity contribution in [2.75, 3.05) is 6.61 Å². The summed E-state index contributed by atoms with van der Waals surface area (Å²) in [6, 6.07) is 12.6. The third-order valence-corrected chi connectivity index (χ3v) is 3.30. The van der Waals surface area contributed by atoms with E-state index in [4.69, 9.17) is 16.3 Å². The molecular weight excluding hydrogens is 302 g/mol. The molecule has 1 N–H and O–H groups in total. The predicted octanol–water partition coefficient (Wildman–Crippen LogP) is 3.16. The first kappa shape index (κ1) is 16.0. The van der Waals surface area contributed by atoms with E-state index in [1.807, 2.05) is 31.2 Å². The second-order valence-electron chi connectivity index (χ2n) is 4.85. The van der Waals surface area contributed by atoms with E-state index in [2.05, 4.69) is 5.32 Å². The van der Waals surface area contributed by atoms with Crippen molar-refractivity contribution in [2.24, 2.45) is 0 Å². The van der Waals surface area contributed by atoms with Gasteiger partial charge in [-0.2, -0.15) is 0 Å². The van der Waals surface area contributed by atoms with Crippen LogP contribution >= 0.6 is 11.6 Å².